The minimum Gasteiger partial charge on any atom is -0.399 e. The lowest BCUT2D eigenvalue weighted by Gasteiger charge is -2.21. The second-order valence-corrected chi connectivity index (χ2v) is 5.63. The van der Waals surface area contributed by atoms with Crippen molar-refractivity contribution in [3.8, 4) is 0 Å². The minimum atomic E-state index is 0.841. The second-order valence-electron chi connectivity index (χ2n) is 5.63. The van der Waals surface area contributed by atoms with Gasteiger partial charge in [-0.1, -0.05) is 18.2 Å². The quantitative estimate of drug-likeness (QED) is 0.804. The van der Waals surface area contributed by atoms with Crippen molar-refractivity contribution in [3.63, 3.8) is 0 Å². The van der Waals surface area contributed by atoms with Crippen LogP contribution >= 0.6 is 0 Å². The van der Waals surface area contributed by atoms with Crippen molar-refractivity contribution >= 4 is 5.69 Å². The van der Waals surface area contributed by atoms with E-state index in [0.717, 1.165) is 24.6 Å². The molecule has 1 fully saturated rings. The molecule has 1 aromatic rings. The highest BCUT2D eigenvalue weighted by molar-refractivity contribution is 5.46. The van der Waals surface area contributed by atoms with Gasteiger partial charge in [-0.3, -0.25) is 0 Å². The number of anilines is 1. The molecule has 1 unspecified atom stereocenters. The van der Waals surface area contributed by atoms with Gasteiger partial charge in [0.15, 0.2) is 0 Å². The zero-order chi connectivity index (χ0) is 13.0. The number of rotatable bonds is 5. The third kappa shape index (κ3) is 3.72. The molecule has 1 saturated heterocycles. The van der Waals surface area contributed by atoms with E-state index in [2.05, 4.69) is 36.0 Å². The SMILES string of the molecule is CN(CCc1ccccc1N)CC1CCN(C)C1. The fourth-order valence-corrected chi connectivity index (χ4v) is 2.78. The second kappa shape index (κ2) is 6.21. The fourth-order valence-electron chi connectivity index (χ4n) is 2.78. The van der Waals surface area contributed by atoms with Gasteiger partial charge in [-0.15, -0.1) is 0 Å². The number of para-hydroxylation sites is 1. The molecule has 1 atom stereocenters. The van der Waals surface area contributed by atoms with Crippen molar-refractivity contribution in [2.24, 2.45) is 5.92 Å². The van der Waals surface area contributed by atoms with Crippen LogP contribution in [0.5, 0.6) is 0 Å². The van der Waals surface area contributed by atoms with Gasteiger partial charge in [0, 0.05) is 25.3 Å². The first kappa shape index (κ1) is 13.4. The van der Waals surface area contributed by atoms with Crippen molar-refractivity contribution in [3.05, 3.63) is 29.8 Å². The van der Waals surface area contributed by atoms with Gasteiger partial charge in [0.2, 0.25) is 0 Å². The Kier molecular flexibility index (Phi) is 4.61. The fraction of sp³-hybridized carbons (Fsp3) is 0.600. The summed E-state index contributed by atoms with van der Waals surface area (Å²) in [6.07, 6.45) is 2.39. The van der Waals surface area contributed by atoms with E-state index in [0.29, 0.717) is 0 Å². The molecule has 0 amide bonds. The van der Waals surface area contributed by atoms with Crippen LogP contribution in [0, 0.1) is 5.92 Å². The maximum absolute atomic E-state index is 5.96. The Morgan fingerprint density at radius 2 is 2.17 bits per heavy atom. The topological polar surface area (TPSA) is 32.5 Å². The third-order valence-corrected chi connectivity index (χ3v) is 3.88. The van der Waals surface area contributed by atoms with Gasteiger partial charge in [-0.25, -0.2) is 0 Å². The molecule has 0 radical (unpaired) electrons. The molecule has 0 aliphatic carbocycles. The van der Waals surface area contributed by atoms with Crippen molar-refractivity contribution in [1.29, 1.82) is 0 Å². The minimum absolute atomic E-state index is 0.841. The van der Waals surface area contributed by atoms with E-state index in [9.17, 15) is 0 Å². The van der Waals surface area contributed by atoms with Crippen LogP contribution in [0.4, 0.5) is 5.69 Å². The lowest BCUT2D eigenvalue weighted by atomic mass is 10.1. The number of nitrogens with zero attached hydrogens (tertiary/aromatic N) is 2. The summed E-state index contributed by atoms with van der Waals surface area (Å²) in [5.74, 6) is 0.841. The maximum atomic E-state index is 5.96. The van der Waals surface area contributed by atoms with Crippen LogP contribution in [-0.4, -0.2) is 50.1 Å². The summed E-state index contributed by atoms with van der Waals surface area (Å²) in [6, 6.07) is 8.18. The van der Waals surface area contributed by atoms with Crippen molar-refractivity contribution < 1.29 is 0 Å². The molecule has 1 aliphatic rings. The molecule has 18 heavy (non-hydrogen) atoms. The van der Waals surface area contributed by atoms with Crippen LogP contribution in [-0.2, 0) is 6.42 Å². The first-order valence-electron chi connectivity index (χ1n) is 6.85. The molecule has 1 heterocycles. The number of hydrogen-bond donors (Lipinski definition) is 1. The van der Waals surface area contributed by atoms with E-state index in [4.69, 9.17) is 5.73 Å². The van der Waals surface area contributed by atoms with E-state index in [1.165, 1.54) is 31.6 Å². The van der Waals surface area contributed by atoms with Gasteiger partial charge in [0.1, 0.15) is 0 Å². The highest BCUT2D eigenvalue weighted by atomic mass is 15.1. The number of nitrogen functional groups attached to an aromatic ring is 1. The van der Waals surface area contributed by atoms with Gasteiger partial charge in [0.05, 0.1) is 0 Å². The van der Waals surface area contributed by atoms with E-state index in [1.807, 2.05) is 12.1 Å². The van der Waals surface area contributed by atoms with E-state index < -0.39 is 0 Å². The van der Waals surface area contributed by atoms with Crippen LogP contribution in [0.15, 0.2) is 24.3 Å². The number of nitrogens with two attached hydrogens (primary N) is 1. The van der Waals surface area contributed by atoms with Crippen molar-refractivity contribution in [2.45, 2.75) is 12.8 Å². The first-order chi connectivity index (χ1) is 8.65. The molecular weight excluding hydrogens is 222 g/mol. The van der Waals surface area contributed by atoms with E-state index in [1.54, 1.807) is 0 Å². The number of benzene rings is 1. The van der Waals surface area contributed by atoms with Gasteiger partial charge < -0.3 is 15.5 Å². The van der Waals surface area contributed by atoms with Gasteiger partial charge in [-0.05, 0) is 51.0 Å². The summed E-state index contributed by atoms with van der Waals surface area (Å²) < 4.78 is 0. The van der Waals surface area contributed by atoms with Crippen molar-refractivity contribution in [1.82, 2.24) is 9.80 Å². The molecule has 0 spiro atoms. The van der Waals surface area contributed by atoms with Crippen LogP contribution in [0.25, 0.3) is 0 Å². The van der Waals surface area contributed by atoms with Gasteiger partial charge in [0.25, 0.3) is 0 Å². The average molecular weight is 247 g/mol. The monoisotopic (exact) mass is 247 g/mol. The molecular formula is C15H25N3. The molecule has 0 saturated carbocycles. The predicted molar refractivity (Wildman–Crippen MR) is 77.7 cm³/mol. The first-order valence-corrected chi connectivity index (χ1v) is 6.85. The largest absolute Gasteiger partial charge is 0.399 e. The summed E-state index contributed by atoms with van der Waals surface area (Å²) in [5, 5.41) is 0. The summed E-state index contributed by atoms with van der Waals surface area (Å²) in [7, 11) is 4.43. The molecule has 3 nitrogen and oxygen atoms in total. The zero-order valence-corrected chi connectivity index (χ0v) is 11.6. The smallest absolute Gasteiger partial charge is 0.0347 e. The molecule has 1 aliphatic heterocycles. The number of likely N-dealkylation sites (tertiary alicyclic amines) is 1. The highest BCUT2D eigenvalue weighted by Gasteiger charge is 2.20. The number of hydrogen-bond acceptors (Lipinski definition) is 3. The normalized spacial score (nSPS) is 20.7. The van der Waals surface area contributed by atoms with Crippen LogP contribution in [0.1, 0.15) is 12.0 Å². The molecule has 100 valence electrons. The van der Waals surface area contributed by atoms with E-state index in [-0.39, 0.29) is 0 Å². The maximum Gasteiger partial charge on any atom is 0.0347 e. The van der Waals surface area contributed by atoms with Gasteiger partial charge in [-0.2, -0.15) is 0 Å². The predicted octanol–water partition coefficient (Wildman–Crippen LogP) is 1.69. The van der Waals surface area contributed by atoms with Crippen molar-refractivity contribution in [2.75, 3.05) is 46.0 Å². The Hall–Kier alpha value is -1.06. The van der Waals surface area contributed by atoms with E-state index >= 15 is 0 Å². The number of likely N-dealkylation sites (N-methyl/N-ethyl adjacent to an activating group) is 1. The Balaban J connectivity index is 1.75. The molecule has 0 aromatic heterocycles. The molecule has 2 N–H and O–H groups in total. The lowest BCUT2D eigenvalue weighted by Crippen LogP contribution is -2.29. The molecule has 3 heteroatoms. The molecule has 1 aromatic carbocycles. The Bertz CT molecular complexity index is 378. The van der Waals surface area contributed by atoms with Crippen LogP contribution in [0.2, 0.25) is 0 Å². The molecule has 0 bridgehead atoms. The zero-order valence-electron chi connectivity index (χ0n) is 11.6. The summed E-state index contributed by atoms with van der Waals surface area (Å²) >= 11 is 0. The van der Waals surface area contributed by atoms with Crippen LogP contribution < -0.4 is 5.73 Å². The Labute approximate surface area is 111 Å². The Morgan fingerprint density at radius 1 is 1.39 bits per heavy atom. The highest BCUT2D eigenvalue weighted by Crippen LogP contribution is 2.16. The van der Waals surface area contributed by atoms with Gasteiger partial charge >= 0.3 is 0 Å². The lowest BCUT2D eigenvalue weighted by molar-refractivity contribution is 0.276. The average Bonchev–Trinajstić information content (AvgIpc) is 2.74. The van der Waals surface area contributed by atoms with Crippen LogP contribution in [0.3, 0.4) is 0 Å². The third-order valence-electron chi connectivity index (χ3n) is 3.88. The molecule has 2 rings (SSSR count). The summed E-state index contributed by atoms with van der Waals surface area (Å²) in [6.45, 7) is 4.80. The summed E-state index contributed by atoms with van der Waals surface area (Å²) in [5.41, 5.74) is 8.16. The standard InChI is InChI=1S/C15H25N3/c1-17-9-7-13(11-17)12-18(2)10-8-14-5-3-4-6-15(14)16/h3-6,13H,7-12,16H2,1-2H3. The summed E-state index contributed by atoms with van der Waals surface area (Å²) in [4.78, 5) is 4.87. The Morgan fingerprint density at radius 3 is 2.83 bits per heavy atom.